The fourth-order valence-electron chi connectivity index (χ4n) is 5.31. The topological polar surface area (TPSA) is 60.9 Å². The quantitative estimate of drug-likeness (QED) is 0.798. The summed E-state index contributed by atoms with van der Waals surface area (Å²) in [6.45, 7) is 4.12. The molecule has 0 aromatic heterocycles. The zero-order valence-corrected chi connectivity index (χ0v) is 17.8. The van der Waals surface area contributed by atoms with Crippen LogP contribution in [0.25, 0.3) is 0 Å². The zero-order chi connectivity index (χ0) is 21.4. The number of aliphatic carboxylic acids is 1. The highest BCUT2D eigenvalue weighted by atomic mass is 16.4. The average Bonchev–Trinajstić information content (AvgIpc) is 3.50. The van der Waals surface area contributed by atoms with Crippen LogP contribution in [0.1, 0.15) is 37.3 Å². The van der Waals surface area contributed by atoms with Gasteiger partial charge in [0.05, 0.1) is 11.0 Å². The Morgan fingerprint density at radius 2 is 1.53 bits per heavy atom. The summed E-state index contributed by atoms with van der Waals surface area (Å²) in [5, 5.41) is 9.96. The molecule has 1 amide bonds. The van der Waals surface area contributed by atoms with Crippen LogP contribution in [0.3, 0.4) is 0 Å². The van der Waals surface area contributed by atoms with E-state index in [2.05, 4.69) is 17.0 Å². The minimum absolute atomic E-state index is 0.0727. The molecule has 1 N–H and O–H groups in total. The molecule has 2 aromatic rings. The van der Waals surface area contributed by atoms with E-state index in [-0.39, 0.29) is 17.4 Å². The third kappa shape index (κ3) is 3.41. The van der Waals surface area contributed by atoms with Gasteiger partial charge in [0.15, 0.2) is 0 Å². The van der Waals surface area contributed by atoms with Crippen molar-refractivity contribution < 1.29 is 14.7 Å². The molecular formula is C25H30N2O3. The van der Waals surface area contributed by atoms with Crippen molar-refractivity contribution in [1.29, 1.82) is 0 Å². The standard InChI is InChI=1S/C25H30N2O3/c1-19(28)26(2)24(20-9-5-3-6-10-20)13-15-27(16-14-24)18-22-17-25(22,23(29)30)21-11-7-4-8-12-21/h3-12,22H,13-18H2,1-2H3,(H,29,30)/t22-,25+/m0/s1. The number of piperidine rings is 1. The van der Waals surface area contributed by atoms with Crippen molar-refractivity contribution >= 4 is 11.9 Å². The average molecular weight is 407 g/mol. The van der Waals surface area contributed by atoms with Gasteiger partial charge in [-0.25, -0.2) is 0 Å². The Kier molecular flexibility index (Phi) is 5.41. The summed E-state index contributed by atoms with van der Waals surface area (Å²) < 4.78 is 0. The van der Waals surface area contributed by atoms with Crippen LogP contribution in [0, 0.1) is 5.92 Å². The van der Waals surface area contributed by atoms with E-state index in [4.69, 9.17) is 0 Å². The number of carbonyl (C=O) groups excluding carboxylic acids is 1. The molecule has 2 atom stereocenters. The molecule has 1 aliphatic heterocycles. The van der Waals surface area contributed by atoms with Gasteiger partial charge in [0, 0.05) is 33.6 Å². The van der Waals surface area contributed by atoms with Crippen LogP contribution in [0.5, 0.6) is 0 Å². The monoisotopic (exact) mass is 406 g/mol. The Morgan fingerprint density at radius 3 is 2.03 bits per heavy atom. The van der Waals surface area contributed by atoms with Crippen LogP contribution in [0.15, 0.2) is 60.7 Å². The van der Waals surface area contributed by atoms with Crippen molar-refractivity contribution in [1.82, 2.24) is 9.80 Å². The molecule has 158 valence electrons. The van der Waals surface area contributed by atoms with E-state index in [9.17, 15) is 14.7 Å². The number of carbonyl (C=O) groups is 2. The van der Waals surface area contributed by atoms with Gasteiger partial charge in [0.1, 0.15) is 0 Å². The van der Waals surface area contributed by atoms with E-state index < -0.39 is 11.4 Å². The molecule has 2 fully saturated rings. The van der Waals surface area contributed by atoms with E-state index in [0.717, 1.165) is 38.0 Å². The van der Waals surface area contributed by atoms with Crippen molar-refractivity contribution in [2.45, 2.75) is 37.1 Å². The van der Waals surface area contributed by atoms with Crippen LogP contribution in [0.4, 0.5) is 0 Å². The molecule has 0 radical (unpaired) electrons. The molecular weight excluding hydrogens is 376 g/mol. The van der Waals surface area contributed by atoms with Crippen molar-refractivity contribution in [2.75, 3.05) is 26.7 Å². The second kappa shape index (κ2) is 7.88. The van der Waals surface area contributed by atoms with Crippen LogP contribution in [-0.2, 0) is 20.5 Å². The Bertz CT molecular complexity index is 907. The van der Waals surface area contributed by atoms with E-state index in [1.807, 2.05) is 60.5 Å². The minimum atomic E-state index is -0.745. The highest BCUT2D eigenvalue weighted by molar-refractivity contribution is 5.86. The molecule has 30 heavy (non-hydrogen) atoms. The summed E-state index contributed by atoms with van der Waals surface area (Å²) in [4.78, 5) is 28.7. The van der Waals surface area contributed by atoms with Crippen molar-refractivity contribution in [3.63, 3.8) is 0 Å². The third-order valence-electron chi connectivity index (χ3n) is 7.36. The normalized spacial score (nSPS) is 25.5. The fraction of sp³-hybridized carbons (Fsp3) is 0.440. The van der Waals surface area contributed by atoms with Gasteiger partial charge in [-0.3, -0.25) is 9.59 Å². The van der Waals surface area contributed by atoms with Crippen LogP contribution in [0.2, 0.25) is 0 Å². The smallest absolute Gasteiger partial charge is 0.314 e. The van der Waals surface area contributed by atoms with Crippen molar-refractivity contribution in [3.8, 4) is 0 Å². The number of benzene rings is 2. The predicted molar refractivity (Wildman–Crippen MR) is 116 cm³/mol. The Morgan fingerprint density at radius 1 is 1.00 bits per heavy atom. The molecule has 1 saturated carbocycles. The molecule has 2 aromatic carbocycles. The highest BCUT2D eigenvalue weighted by Crippen LogP contribution is 2.55. The molecule has 1 saturated heterocycles. The summed E-state index contributed by atoms with van der Waals surface area (Å²) >= 11 is 0. The number of rotatable bonds is 6. The van der Waals surface area contributed by atoms with Gasteiger partial charge in [-0.2, -0.15) is 0 Å². The zero-order valence-electron chi connectivity index (χ0n) is 17.8. The maximum atomic E-state index is 12.3. The SMILES string of the molecule is CC(=O)N(C)C1(c2ccccc2)CCN(C[C@@H]2C[C@@]2(C(=O)O)c2ccccc2)CC1. The summed E-state index contributed by atoms with van der Waals surface area (Å²) in [5.41, 5.74) is 1.05. The number of likely N-dealkylation sites (tertiary alicyclic amines) is 1. The van der Waals surface area contributed by atoms with Crippen LogP contribution >= 0.6 is 0 Å². The molecule has 0 unspecified atom stereocenters. The second-order valence-electron chi connectivity index (χ2n) is 8.82. The summed E-state index contributed by atoms with van der Waals surface area (Å²) in [6.07, 6.45) is 2.40. The number of hydrogen-bond donors (Lipinski definition) is 1. The Balaban J connectivity index is 1.48. The maximum absolute atomic E-state index is 12.3. The summed E-state index contributed by atoms with van der Waals surface area (Å²) in [6, 6.07) is 19.9. The van der Waals surface area contributed by atoms with Gasteiger partial charge >= 0.3 is 5.97 Å². The van der Waals surface area contributed by atoms with Crippen LogP contribution < -0.4 is 0 Å². The molecule has 1 heterocycles. The lowest BCUT2D eigenvalue weighted by molar-refractivity contribution is -0.141. The number of carboxylic acid groups (broad SMARTS) is 1. The van der Waals surface area contributed by atoms with Gasteiger partial charge in [0.2, 0.25) is 5.91 Å². The number of amides is 1. The molecule has 0 spiro atoms. The van der Waals surface area contributed by atoms with Gasteiger partial charge in [0.25, 0.3) is 0 Å². The molecule has 2 aliphatic rings. The number of hydrogen-bond acceptors (Lipinski definition) is 3. The maximum Gasteiger partial charge on any atom is 0.314 e. The number of carboxylic acids is 1. The first-order valence-electron chi connectivity index (χ1n) is 10.7. The Hall–Kier alpha value is -2.66. The van der Waals surface area contributed by atoms with Gasteiger partial charge < -0.3 is 14.9 Å². The van der Waals surface area contributed by atoms with Crippen molar-refractivity contribution in [3.05, 3.63) is 71.8 Å². The first-order chi connectivity index (χ1) is 14.4. The van der Waals surface area contributed by atoms with Crippen molar-refractivity contribution in [2.24, 2.45) is 5.92 Å². The molecule has 5 heteroatoms. The molecule has 1 aliphatic carbocycles. The highest BCUT2D eigenvalue weighted by Gasteiger charge is 2.61. The van der Waals surface area contributed by atoms with E-state index in [1.54, 1.807) is 6.92 Å². The first kappa shape index (κ1) is 20.6. The molecule has 5 nitrogen and oxygen atoms in total. The predicted octanol–water partition coefficient (Wildman–Crippen LogP) is 3.50. The third-order valence-corrected chi connectivity index (χ3v) is 7.36. The summed E-state index contributed by atoms with van der Waals surface area (Å²) in [7, 11) is 1.90. The number of nitrogens with zero attached hydrogens (tertiary/aromatic N) is 2. The Labute approximate surface area is 178 Å². The van der Waals surface area contributed by atoms with Gasteiger partial charge in [-0.15, -0.1) is 0 Å². The second-order valence-corrected chi connectivity index (χ2v) is 8.82. The molecule has 4 rings (SSSR count). The lowest BCUT2D eigenvalue weighted by atomic mass is 9.79. The van der Waals surface area contributed by atoms with Gasteiger partial charge in [-0.1, -0.05) is 60.7 Å². The lowest BCUT2D eigenvalue weighted by Crippen LogP contribution is -2.53. The van der Waals surface area contributed by atoms with E-state index >= 15 is 0 Å². The lowest BCUT2D eigenvalue weighted by Gasteiger charge is -2.47. The van der Waals surface area contributed by atoms with Gasteiger partial charge in [-0.05, 0) is 36.3 Å². The first-order valence-corrected chi connectivity index (χ1v) is 10.7. The van der Waals surface area contributed by atoms with Crippen LogP contribution in [-0.4, -0.2) is 53.5 Å². The fourth-order valence-corrected chi connectivity index (χ4v) is 5.31. The molecule has 0 bridgehead atoms. The largest absolute Gasteiger partial charge is 0.481 e. The minimum Gasteiger partial charge on any atom is -0.481 e. The van der Waals surface area contributed by atoms with E-state index in [1.165, 1.54) is 5.56 Å². The summed E-state index contributed by atoms with van der Waals surface area (Å²) in [5.74, 6) is -0.513. The van der Waals surface area contributed by atoms with E-state index in [0.29, 0.717) is 6.42 Å².